The molecule has 1 unspecified atom stereocenters. The minimum atomic E-state index is -1.46. The van der Waals surface area contributed by atoms with Crippen molar-refractivity contribution < 1.29 is 33.4 Å². The normalized spacial score (nSPS) is 12.6. The number of halogens is 1. The molecule has 0 radical (unpaired) electrons. The van der Waals surface area contributed by atoms with E-state index in [2.05, 4.69) is 10.6 Å². The van der Waals surface area contributed by atoms with Crippen LogP contribution in [0.4, 0.5) is 10.1 Å². The molecule has 1 heterocycles. The van der Waals surface area contributed by atoms with Gasteiger partial charge in [0.05, 0.1) is 11.1 Å². The standard InChI is InChI=1S/C28H28FN5O4.C2H4O2/c1-3-38-28(34-26(36)20-11-8-16(2)12-21(20)27(34)37)25(35)33-15-19-10-9-17(24(30)31)13-23(19)32-14-18-6-4-5-7-22(18)29;1-2(3)4/h4-13,28,32H,3,14-15H2,1-2H3,(H3,30,31)(H,33,35);1H3,(H,3,4). The largest absolute Gasteiger partial charge is 0.481 e. The number of anilines is 1. The van der Waals surface area contributed by atoms with E-state index in [9.17, 15) is 18.8 Å². The van der Waals surface area contributed by atoms with E-state index in [1.54, 1.807) is 61.5 Å². The van der Waals surface area contributed by atoms with E-state index >= 15 is 0 Å². The summed E-state index contributed by atoms with van der Waals surface area (Å²) < 4.78 is 19.7. The van der Waals surface area contributed by atoms with Crippen LogP contribution in [0.2, 0.25) is 0 Å². The lowest BCUT2D eigenvalue weighted by Crippen LogP contribution is -2.51. The number of carbonyl (C=O) groups excluding carboxylic acids is 3. The molecule has 11 nitrogen and oxygen atoms in total. The number of nitrogens with zero attached hydrogens (tertiary/aromatic N) is 1. The van der Waals surface area contributed by atoms with Crippen molar-refractivity contribution in [2.45, 2.75) is 40.1 Å². The summed E-state index contributed by atoms with van der Waals surface area (Å²) in [5, 5.41) is 21.0. The number of nitrogens with one attached hydrogen (secondary N) is 3. The molecule has 12 heteroatoms. The van der Waals surface area contributed by atoms with Gasteiger partial charge in [0.15, 0.2) is 0 Å². The highest BCUT2D eigenvalue weighted by atomic mass is 19.1. The van der Waals surface area contributed by atoms with Gasteiger partial charge in [-0.2, -0.15) is 0 Å². The lowest BCUT2D eigenvalue weighted by atomic mass is 10.1. The average Bonchev–Trinajstić information content (AvgIpc) is 3.18. The number of rotatable bonds is 10. The number of nitrogen functional groups attached to an aromatic ring is 1. The van der Waals surface area contributed by atoms with Crippen molar-refractivity contribution >= 4 is 35.2 Å². The summed E-state index contributed by atoms with van der Waals surface area (Å²) in [6.45, 7) is 4.80. The number of hydrogen-bond donors (Lipinski definition) is 5. The summed E-state index contributed by atoms with van der Waals surface area (Å²) in [5.74, 6) is -3.22. The Bertz CT molecular complexity index is 1520. The van der Waals surface area contributed by atoms with Crippen LogP contribution in [0.5, 0.6) is 0 Å². The number of ether oxygens (including phenoxy) is 1. The second kappa shape index (κ2) is 14.0. The van der Waals surface area contributed by atoms with E-state index in [0.717, 1.165) is 17.4 Å². The number of benzene rings is 3. The predicted octanol–water partition coefficient (Wildman–Crippen LogP) is 3.40. The van der Waals surface area contributed by atoms with Crippen molar-refractivity contribution in [2.24, 2.45) is 5.73 Å². The molecule has 1 aliphatic rings. The molecule has 3 amide bonds. The first-order valence-corrected chi connectivity index (χ1v) is 13.0. The zero-order valence-corrected chi connectivity index (χ0v) is 23.4. The number of aryl methyl sites for hydroxylation is 1. The molecule has 220 valence electrons. The summed E-state index contributed by atoms with van der Waals surface area (Å²) in [6.07, 6.45) is -1.46. The van der Waals surface area contributed by atoms with Crippen molar-refractivity contribution in [1.82, 2.24) is 10.2 Å². The topological polar surface area (TPSA) is 175 Å². The fourth-order valence-electron chi connectivity index (χ4n) is 4.18. The molecule has 0 saturated heterocycles. The highest BCUT2D eigenvalue weighted by Gasteiger charge is 2.43. The van der Waals surface area contributed by atoms with Gasteiger partial charge in [0.25, 0.3) is 23.7 Å². The quantitative estimate of drug-likeness (QED) is 0.138. The van der Waals surface area contributed by atoms with Gasteiger partial charge in [-0.25, -0.2) is 9.29 Å². The first kappa shape index (κ1) is 31.4. The summed E-state index contributed by atoms with van der Waals surface area (Å²) in [4.78, 5) is 49.1. The molecule has 6 N–H and O–H groups in total. The molecule has 0 aromatic heterocycles. The molecule has 1 atom stereocenters. The van der Waals surface area contributed by atoms with Gasteiger partial charge < -0.3 is 26.2 Å². The molecule has 0 spiro atoms. The first-order valence-electron chi connectivity index (χ1n) is 13.0. The Kier molecular flexibility index (Phi) is 10.5. The van der Waals surface area contributed by atoms with Crippen molar-refractivity contribution in [3.05, 3.63) is 99.9 Å². The lowest BCUT2D eigenvalue weighted by molar-refractivity contribution is -0.140. The molecular weight excluding hydrogens is 545 g/mol. The predicted molar refractivity (Wildman–Crippen MR) is 153 cm³/mol. The van der Waals surface area contributed by atoms with Crippen LogP contribution in [0.1, 0.15) is 56.8 Å². The van der Waals surface area contributed by atoms with E-state index in [0.29, 0.717) is 22.4 Å². The van der Waals surface area contributed by atoms with Gasteiger partial charge in [0, 0.05) is 43.4 Å². The van der Waals surface area contributed by atoms with Gasteiger partial charge in [-0.15, -0.1) is 0 Å². The molecule has 3 aromatic rings. The Hall–Kier alpha value is -5.10. The third kappa shape index (κ3) is 7.55. The Labute approximate surface area is 242 Å². The number of aliphatic carboxylic acids is 1. The minimum Gasteiger partial charge on any atom is -0.481 e. The second-order valence-electron chi connectivity index (χ2n) is 9.30. The lowest BCUT2D eigenvalue weighted by Gasteiger charge is -2.25. The van der Waals surface area contributed by atoms with Crippen LogP contribution in [0.15, 0.2) is 60.7 Å². The molecular formula is C30H32FN5O6. The number of amides is 3. The second-order valence-corrected chi connectivity index (χ2v) is 9.30. The van der Waals surface area contributed by atoms with Crippen molar-refractivity contribution in [2.75, 3.05) is 11.9 Å². The van der Waals surface area contributed by atoms with Gasteiger partial charge in [-0.05, 0) is 43.7 Å². The maximum absolute atomic E-state index is 14.1. The van der Waals surface area contributed by atoms with E-state index in [1.165, 1.54) is 6.07 Å². The fraction of sp³-hybridized carbons (Fsp3) is 0.233. The third-order valence-electron chi connectivity index (χ3n) is 6.16. The van der Waals surface area contributed by atoms with Crippen molar-refractivity contribution in [3.63, 3.8) is 0 Å². The molecule has 42 heavy (non-hydrogen) atoms. The number of carboxylic acid groups (broad SMARTS) is 1. The van der Waals surface area contributed by atoms with Crippen molar-refractivity contribution in [3.8, 4) is 0 Å². The van der Waals surface area contributed by atoms with Crippen LogP contribution in [-0.2, 0) is 27.4 Å². The SMILES string of the molecule is CC(=O)O.CCOC(C(=O)NCc1ccc(C(=N)N)cc1NCc1ccccc1F)N1C(=O)c2ccc(C)cc2C1=O. The smallest absolute Gasteiger partial charge is 0.300 e. The van der Waals surface area contributed by atoms with Gasteiger partial charge in [0.2, 0.25) is 6.23 Å². The Morgan fingerprint density at radius 3 is 2.33 bits per heavy atom. The van der Waals surface area contributed by atoms with E-state index in [-0.39, 0.29) is 42.5 Å². The molecule has 0 saturated carbocycles. The number of amidine groups is 1. The van der Waals surface area contributed by atoms with Gasteiger partial charge in [-0.1, -0.05) is 42.0 Å². The summed E-state index contributed by atoms with van der Waals surface area (Å²) >= 11 is 0. The molecule has 0 aliphatic carbocycles. The number of carboxylic acids is 1. The van der Waals surface area contributed by atoms with Crippen LogP contribution in [-0.4, -0.2) is 52.4 Å². The molecule has 3 aromatic carbocycles. The van der Waals surface area contributed by atoms with E-state index < -0.39 is 29.9 Å². The van der Waals surface area contributed by atoms with Crippen LogP contribution >= 0.6 is 0 Å². The first-order chi connectivity index (χ1) is 19.9. The molecule has 0 bridgehead atoms. The summed E-state index contributed by atoms with van der Waals surface area (Å²) in [6, 6.07) is 16.2. The van der Waals surface area contributed by atoms with Gasteiger partial charge in [-0.3, -0.25) is 24.6 Å². The zero-order valence-electron chi connectivity index (χ0n) is 23.4. The maximum Gasteiger partial charge on any atom is 0.300 e. The van der Waals surface area contributed by atoms with E-state index in [1.807, 2.05) is 6.92 Å². The number of imide groups is 1. The monoisotopic (exact) mass is 577 g/mol. The number of carbonyl (C=O) groups is 4. The van der Waals surface area contributed by atoms with Crippen LogP contribution < -0.4 is 16.4 Å². The maximum atomic E-state index is 14.1. The van der Waals surface area contributed by atoms with Crippen LogP contribution in [0.25, 0.3) is 0 Å². The Morgan fingerprint density at radius 1 is 1.02 bits per heavy atom. The van der Waals surface area contributed by atoms with Gasteiger partial charge >= 0.3 is 0 Å². The zero-order chi connectivity index (χ0) is 31.0. The average molecular weight is 578 g/mol. The van der Waals surface area contributed by atoms with E-state index in [4.69, 9.17) is 25.8 Å². The highest BCUT2D eigenvalue weighted by Crippen LogP contribution is 2.27. The van der Waals surface area contributed by atoms with Crippen molar-refractivity contribution in [1.29, 1.82) is 5.41 Å². The van der Waals surface area contributed by atoms with Crippen LogP contribution in [0.3, 0.4) is 0 Å². The number of hydrogen-bond acceptors (Lipinski definition) is 7. The number of fused-ring (bicyclic) bond motifs is 1. The van der Waals surface area contributed by atoms with Gasteiger partial charge in [0.1, 0.15) is 11.7 Å². The molecule has 1 aliphatic heterocycles. The molecule has 0 fully saturated rings. The van der Waals surface area contributed by atoms with Crippen LogP contribution in [0, 0.1) is 18.2 Å². The fourth-order valence-corrected chi connectivity index (χ4v) is 4.18. The highest BCUT2D eigenvalue weighted by molar-refractivity contribution is 6.22. The Morgan fingerprint density at radius 2 is 1.69 bits per heavy atom. The summed E-state index contributed by atoms with van der Waals surface area (Å²) in [5.41, 5.74) is 8.94. The molecule has 4 rings (SSSR count). The minimum absolute atomic E-state index is 0.00246. The Balaban J connectivity index is 0.00000114. The summed E-state index contributed by atoms with van der Waals surface area (Å²) in [7, 11) is 0. The third-order valence-corrected chi connectivity index (χ3v) is 6.16. The number of nitrogens with two attached hydrogens (primary N) is 1.